The summed E-state index contributed by atoms with van der Waals surface area (Å²) in [6, 6.07) is 5.99. The maximum absolute atomic E-state index is 13.2. The van der Waals surface area contributed by atoms with Crippen molar-refractivity contribution < 1.29 is 17.6 Å². The minimum atomic E-state index is -3.07. The molecule has 1 aliphatic carbocycles. The number of hydrogen-bond donors (Lipinski definition) is 0. The Labute approximate surface area is 169 Å². The molecule has 2 saturated heterocycles. The van der Waals surface area contributed by atoms with E-state index in [1.165, 1.54) is 49.6 Å². The maximum Gasteiger partial charge on any atom is 0.248 e. The molecule has 0 N–H and O–H groups in total. The van der Waals surface area contributed by atoms with Crippen molar-refractivity contribution in [1.82, 2.24) is 4.90 Å². The van der Waals surface area contributed by atoms with Crippen LogP contribution in [0.25, 0.3) is 0 Å². The number of carbonyl (C=O) groups is 1. The van der Waals surface area contributed by atoms with E-state index in [9.17, 15) is 17.6 Å². The smallest absolute Gasteiger partial charge is 0.248 e. The molecule has 2 unspecified atom stereocenters. The zero-order chi connectivity index (χ0) is 19.7. The summed E-state index contributed by atoms with van der Waals surface area (Å²) in [6.07, 6.45) is 6.26. The Hall–Kier alpha value is -1.41. The molecule has 2 heterocycles. The summed E-state index contributed by atoms with van der Waals surface area (Å²) in [5.74, 6) is 0.414. The zero-order valence-corrected chi connectivity index (χ0v) is 17.4. The van der Waals surface area contributed by atoms with Crippen LogP contribution in [0.2, 0.25) is 0 Å². The SMILES string of the molecule is O=C(CCC1CCCC1)N=C1SC2CS(=O)(=O)CC2N1Cc1ccc(F)cc1. The standard InChI is InChI=1S/C20H25FN2O3S2/c21-16-8-5-15(6-9-16)11-23-17-12-28(25,26)13-18(17)27-20(23)22-19(24)10-7-14-3-1-2-4-14/h5-6,8-9,14,17-18H,1-4,7,10-13H2. The second-order valence-electron chi connectivity index (χ2n) is 8.03. The van der Waals surface area contributed by atoms with Crippen LogP contribution in [0.1, 0.15) is 44.1 Å². The molecule has 1 aromatic rings. The molecular formula is C20H25FN2O3S2. The lowest BCUT2D eigenvalue weighted by molar-refractivity contribution is -0.118. The van der Waals surface area contributed by atoms with Gasteiger partial charge in [-0.05, 0) is 30.0 Å². The van der Waals surface area contributed by atoms with E-state index < -0.39 is 9.84 Å². The summed E-state index contributed by atoms with van der Waals surface area (Å²) in [5, 5.41) is 0.525. The van der Waals surface area contributed by atoms with Gasteiger partial charge in [-0.3, -0.25) is 4.79 Å². The second kappa shape index (κ2) is 8.14. The average molecular weight is 425 g/mol. The van der Waals surface area contributed by atoms with Crippen LogP contribution in [0, 0.1) is 11.7 Å². The largest absolute Gasteiger partial charge is 0.342 e. The first-order valence-corrected chi connectivity index (χ1v) is 12.6. The van der Waals surface area contributed by atoms with Crippen molar-refractivity contribution in [3.63, 3.8) is 0 Å². The molecule has 8 heteroatoms. The lowest BCUT2D eigenvalue weighted by Crippen LogP contribution is -2.37. The van der Waals surface area contributed by atoms with Gasteiger partial charge in [0.05, 0.1) is 17.5 Å². The molecule has 5 nitrogen and oxygen atoms in total. The third-order valence-electron chi connectivity index (χ3n) is 5.90. The molecular weight excluding hydrogens is 399 g/mol. The molecule has 1 amide bonds. The Bertz CT molecular complexity index is 864. The van der Waals surface area contributed by atoms with Gasteiger partial charge >= 0.3 is 0 Å². The molecule has 2 aliphatic heterocycles. The summed E-state index contributed by atoms with van der Waals surface area (Å²) in [4.78, 5) is 18.7. The number of amides is 1. The monoisotopic (exact) mass is 424 g/mol. The van der Waals surface area contributed by atoms with Crippen LogP contribution in [-0.2, 0) is 21.2 Å². The molecule has 4 rings (SSSR count). The average Bonchev–Trinajstić information content (AvgIpc) is 3.32. The molecule has 0 bridgehead atoms. The van der Waals surface area contributed by atoms with Gasteiger partial charge in [0.15, 0.2) is 15.0 Å². The molecule has 0 spiro atoms. The van der Waals surface area contributed by atoms with E-state index in [4.69, 9.17) is 0 Å². The number of carbonyl (C=O) groups excluding carboxylic acids is 1. The summed E-state index contributed by atoms with van der Waals surface area (Å²) in [5.41, 5.74) is 0.873. The fraction of sp³-hybridized carbons (Fsp3) is 0.600. The van der Waals surface area contributed by atoms with E-state index in [1.807, 2.05) is 4.90 Å². The quantitative estimate of drug-likeness (QED) is 0.725. The first kappa shape index (κ1) is 19.9. The van der Waals surface area contributed by atoms with Gasteiger partial charge in [0.1, 0.15) is 5.82 Å². The summed E-state index contributed by atoms with van der Waals surface area (Å²) in [6.45, 7) is 0.429. The minimum absolute atomic E-state index is 0.0845. The summed E-state index contributed by atoms with van der Waals surface area (Å²) < 4.78 is 37.4. The van der Waals surface area contributed by atoms with Gasteiger partial charge in [0.25, 0.3) is 0 Å². The zero-order valence-electron chi connectivity index (χ0n) is 15.7. The van der Waals surface area contributed by atoms with Gasteiger partial charge < -0.3 is 4.90 Å². The van der Waals surface area contributed by atoms with Gasteiger partial charge in [-0.25, -0.2) is 12.8 Å². The Morgan fingerprint density at radius 2 is 1.89 bits per heavy atom. The maximum atomic E-state index is 13.2. The van der Waals surface area contributed by atoms with Crippen molar-refractivity contribution in [2.24, 2.45) is 10.9 Å². The Morgan fingerprint density at radius 3 is 2.61 bits per heavy atom. The van der Waals surface area contributed by atoms with E-state index in [1.54, 1.807) is 12.1 Å². The Balaban J connectivity index is 1.49. The highest BCUT2D eigenvalue weighted by molar-refractivity contribution is 8.15. The highest BCUT2D eigenvalue weighted by Crippen LogP contribution is 2.39. The number of hydrogen-bond acceptors (Lipinski definition) is 4. The van der Waals surface area contributed by atoms with Crippen LogP contribution in [-0.4, -0.2) is 47.2 Å². The molecule has 3 fully saturated rings. The minimum Gasteiger partial charge on any atom is -0.342 e. The molecule has 152 valence electrons. The highest BCUT2D eigenvalue weighted by atomic mass is 32.2. The second-order valence-corrected chi connectivity index (χ2v) is 11.4. The fourth-order valence-corrected chi connectivity index (χ4v) is 8.36. The van der Waals surface area contributed by atoms with Gasteiger partial charge in [0, 0.05) is 18.2 Å². The first-order chi connectivity index (χ1) is 13.4. The number of fused-ring (bicyclic) bond motifs is 1. The first-order valence-electron chi connectivity index (χ1n) is 9.89. The fourth-order valence-electron chi connectivity index (χ4n) is 4.40. The van der Waals surface area contributed by atoms with Gasteiger partial charge in [0.2, 0.25) is 5.91 Å². The number of rotatable bonds is 5. The molecule has 3 aliphatic rings. The Morgan fingerprint density at radius 1 is 1.18 bits per heavy atom. The van der Waals surface area contributed by atoms with Crippen LogP contribution >= 0.6 is 11.8 Å². The number of amidine groups is 1. The number of thioether (sulfide) groups is 1. The Kier molecular flexibility index (Phi) is 5.78. The summed E-state index contributed by atoms with van der Waals surface area (Å²) in [7, 11) is -3.07. The van der Waals surface area contributed by atoms with Gasteiger partial charge in [-0.15, -0.1) is 0 Å². The van der Waals surface area contributed by atoms with E-state index in [0.29, 0.717) is 24.1 Å². The number of sulfone groups is 1. The van der Waals surface area contributed by atoms with Gasteiger partial charge in [-0.1, -0.05) is 49.6 Å². The predicted molar refractivity (Wildman–Crippen MR) is 109 cm³/mol. The third-order valence-corrected chi connectivity index (χ3v) is 9.15. The van der Waals surface area contributed by atoms with Crippen molar-refractivity contribution in [3.05, 3.63) is 35.6 Å². The molecule has 1 aromatic carbocycles. The van der Waals surface area contributed by atoms with E-state index >= 15 is 0 Å². The van der Waals surface area contributed by atoms with Crippen molar-refractivity contribution in [2.45, 2.75) is 56.4 Å². The van der Waals surface area contributed by atoms with Crippen molar-refractivity contribution in [3.8, 4) is 0 Å². The lowest BCUT2D eigenvalue weighted by atomic mass is 10.0. The van der Waals surface area contributed by atoms with E-state index in [2.05, 4.69) is 4.99 Å². The van der Waals surface area contributed by atoms with Crippen LogP contribution < -0.4 is 0 Å². The summed E-state index contributed by atoms with van der Waals surface area (Å²) >= 11 is 1.40. The van der Waals surface area contributed by atoms with Crippen LogP contribution in [0.15, 0.2) is 29.3 Å². The van der Waals surface area contributed by atoms with Crippen LogP contribution in [0.4, 0.5) is 4.39 Å². The van der Waals surface area contributed by atoms with Crippen molar-refractivity contribution >= 4 is 32.7 Å². The topological polar surface area (TPSA) is 66.8 Å². The number of aliphatic imine (C=N–C) groups is 1. The highest BCUT2D eigenvalue weighted by Gasteiger charge is 2.48. The third kappa shape index (κ3) is 4.59. The molecule has 0 radical (unpaired) electrons. The van der Waals surface area contributed by atoms with Crippen molar-refractivity contribution in [2.75, 3.05) is 11.5 Å². The lowest BCUT2D eigenvalue weighted by Gasteiger charge is -2.24. The van der Waals surface area contributed by atoms with Crippen LogP contribution in [0.5, 0.6) is 0 Å². The molecule has 28 heavy (non-hydrogen) atoms. The van der Waals surface area contributed by atoms with E-state index in [0.717, 1.165) is 12.0 Å². The number of benzene rings is 1. The molecule has 0 aromatic heterocycles. The normalized spacial score (nSPS) is 28.2. The number of halogens is 1. The predicted octanol–water partition coefficient (Wildman–Crippen LogP) is 3.39. The van der Waals surface area contributed by atoms with Crippen molar-refractivity contribution in [1.29, 1.82) is 0 Å². The molecule has 1 saturated carbocycles. The number of nitrogens with zero attached hydrogens (tertiary/aromatic N) is 2. The molecule has 2 atom stereocenters. The van der Waals surface area contributed by atoms with Crippen LogP contribution in [0.3, 0.4) is 0 Å². The van der Waals surface area contributed by atoms with E-state index in [-0.39, 0.29) is 34.5 Å². The van der Waals surface area contributed by atoms with Gasteiger partial charge in [-0.2, -0.15) is 4.99 Å².